The van der Waals surface area contributed by atoms with Gasteiger partial charge in [-0.25, -0.2) is 4.39 Å². The molecule has 1 rings (SSSR count). The van der Waals surface area contributed by atoms with Gasteiger partial charge in [-0.1, -0.05) is 19.9 Å². The minimum absolute atomic E-state index is 0. The first-order chi connectivity index (χ1) is 9.08. The summed E-state index contributed by atoms with van der Waals surface area (Å²) in [6, 6.07) is 3.97. The largest absolute Gasteiger partial charge is 0.321 e. The molecule has 0 aliphatic heterocycles. The lowest BCUT2D eigenvalue weighted by Crippen LogP contribution is -2.33. The number of amides is 1. The minimum Gasteiger partial charge on any atom is -0.321 e. The van der Waals surface area contributed by atoms with Crippen molar-refractivity contribution in [2.75, 3.05) is 7.05 Å². The lowest BCUT2D eigenvalue weighted by atomic mass is 10.1. The number of hydrogen-bond donors (Lipinski definition) is 2. The standard InChI is InChI=1S/C11H13FN4O.C2H6.H2/c1-7-3-4-8(12)5-9(7)11(17)15-10(16-13)6-14-2;1-2;/h3-6H,13H2,1-2H3,(H,15,16,17);1-2H3;1H. The molecule has 19 heavy (non-hydrogen) atoms. The van der Waals surface area contributed by atoms with Crippen molar-refractivity contribution in [3.8, 4) is 0 Å². The first-order valence-corrected chi connectivity index (χ1v) is 5.86. The van der Waals surface area contributed by atoms with Crippen molar-refractivity contribution in [3.63, 3.8) is 0 Å². The van der Waals surface area contributed by atoms with Crippen molar-refractivity contribution < 1.29 is 10.6 Å². The molecule has 1 aromatic rings. The van der Waals surface area contributed by atoms with E-state index in [0.717, 1.165) is 6.07 Å². The molecule has 0 radical (unpaired) electrons. The fourth-order valence-electron chi connectivity index (χ4n) is 1.24. The highest BCUT2D eigenvalue weighted by atomic mass is 19.1. The van der Waals surface area contributed by atoms with Gasteiger partial charge in [0, 0.05) is 14.0 Å². The molecular weight excluding hydrogens is 247 g/mol. The summed E-state index contributed by atoms with van der Waals surface area (Å²) in [6.07, 6.45) is 1.30. The number of benzene rings is 1. The van der Waals surface area contributed by atoms with Crippen molar-refractivity contribution >= 4 is 18.0 Å². The van der Waals surface area contributed by atoms with E-state index in [-0.39, 0.29) is 12.8 Å². The average molecular weight is 268 g/mol. The molecule has 0 atom stereocenters. The monoisotopic (exact) mass is 268 g/mol. The Balaban J connectivity index is 0. The Labute approximate surface area is 113 Å². The molecule has 0 bridgehead atoms. The Kier molecular flexibility index (Phi) is 7.76. The van der Waals surface area contributed by atoms with Gasteiger partial charge in [0.2, 0.25) is 0 Å². The molecule has 0 aromatic heterocycles. The third-order valence-electron chi connectivity index (χ3n) is 2.08. The third-order valence-corrected chi connectivity index (χ3v) is 2.08. The van der Waals surface area contributed by atoms with Crippen LogP contribution in [0, 0.1) is 12.7 Å². The first kappa shape index (κ1) is 16.8. The summed E-state index contributed by atoms with van der Waals surface area (Å²) in [5, 5.41) is 5.76. The van der Waals surface area contributed by atoms with Gasteiger partial charge in [-0.05, 0) is 24.6 Å². The van der Waals surface area contributed by atoms with Crippen LogP contribution in [0.5, 0.6) is 0 Å². The zero-order valence-electron chi connectivity index (χ0n) is 11.6. The number of halogens is 1. The summed E-state index contributed by atoms with van der Waals surface area (Å²) in [4.78, 5) is 15.5. The molecule has 3 N–H and O–H groups in total. The molecule has 0 spiro atoms. The van der Waals surface area contributed by atoms with Crippen molar-refractivity contribution in [1.82, 2.24) is 5.32 Å². The van der Waals surface area contributed by atoms with E-state index < -0.39 is 11.7 Å². The minimum atomic E-state index is -0.480. The van der Waals surface area contributed by atoms with Crippen LogP contribution in [0.15, 0.2) is 28.3 Å². The summed E-state index contributed by atoms with van der Waals surface area (Å²) in [6.45, 7) is 5.71. The molecule has 1 aromatic carbocycles. The molecule has 0 aliphatic carbocycles. The van der Waals surface area contributed by atoms with Gasteiger partial charge in [-0.2, -0.15) is 5.10 Å². The molecular formula is C13H21FN4O. The van der Waals surface area contributed by atoms with Crippen LogP contribution in [-0.4, -0.2) is 25.0 Å². The second kappa shape index (κ2) is 8.79. The number of aliphatic imine (C=N–C) groups is 1. The van der Waals surface area contributed by atoms with Crippen molar-refractivity contribution in [2.24, 2.45) is 15.9 Å². The van der Waals surface area contributed by atoms with Crippen molar-refractivity contribution in [2.45, 2.75) is 20.8 Å². The quantitative estimate of drug-likeness (QED) is 0.373. The summed E-state index contributed by atoms with van der Waals surface area (Å²) < 4.78 is 13.0. The van der Waals surface area contributed by atoms with Crippen LogP contribution in [0.2, 0.25) is 0 Å². The van der Waals surface area contributed by atoms with Gasteiger partial charge in [-0.15, -0.1) is 0 Å². The Morgan fingerprint density at radius 2 is 2.11 bits per heavy atom. The van der Waals surface area contributed by atoms with E-state index in [4.69, 9.17) is 5.84 Å². The maximum absolute atomic E-state index is 13.0. The van der Waals surface area contributed by atoms with E-state index in [1.54, 1.807) is 6.92 Å². The molecule has 0 aliphatic rings. The number of carbonyl (C=O) groups is 1. The van der Waals surface area contributed by atoms with E-state index in [9.17, 15) is 9.18 Å². The van der Waals surface area contributed by atoms with Crippen molar-refractivity contribution in [3.05, 3.63) is 35.1 Å². The van der Waals surface area contributed by atoms with Gasteiger partial charge >= 0.3 is 0 Å². The van der Waals surface area contributed by atoms with Crippen LogP contribution in [0.4, 0.5) is 4.39 Å². The van der Waals surface area contributed by atoms with Gasteiger partial charge < -0.3 is 11.2 Å². The molecule has 1 amide bonds. The zero-order valence-corrected chi connectivity index (χ0v) is 11.6. The summed E-state index contributed by atoms with van der Waals surface area (Å²) in [7, 11) is 1.52. The van der Waals surface area contributed by atoms with Crippen LogP contribution in [0.25, 0.3) is 0 Å². The zero-order chi connectivity index (χ0) is 14.8. The topological polar surface area (TPSA) is 79.8 Å². The second-order valence-corrected chi connectivity index (χ2v) is 3.32. The fourth-order valence-corrected chi connectivity index (χ4v) is 1.24. The lowest BCUT2D eigenvalue weighted by molar-refractivity contribution is 0.0976. The van der Waals surface area contributed by atoms with Crippen molar-refractivity contribution in [1.29, 1.82) is 0 Å². The smallest absolute Gasteiger partial charge is 0.257 e. The van der Waals surface area contributed by atoms with Gasteiger partial charge in [0.25, 0.3) is 5.91 Å². The van der Waals surface area contributed by atoms with Gasteiger partial charge in [0.15, 0.2) is 5.84 Å². The van der Waals surface area contributed by atoms with E-state index in [1.807, 2.05) is 13.8 Å². The highest BCUT2D eigenvalue weighted by Crippen LogP contribution is 2.09. The van der Waals surface area contributed by atoms with Gasteiger partial charge in [-0.3, -0.25) is 9.79 Å². The fraction of sp³-hybridized carbons (Fsp3) is 0.308. The normalized spacial score (nSPS) is 10.9. The number of nitrogens with one attached hydrogen (secondary N) is 1. The summed E-state index contributed by atoms with van der Waals surface area (Å²) in [5.74, 6) is 4.22. The van der Waals surface area contributed by atoms with E-state index in [1.165, 1.54) is 25.4 Å². The van der Waals surface area contributed by atoms with Crippen LogP contribution in [-0.2, 0) is 0 Å². The molecule has 0 saturated heterocycles. The molecule has 0 unspecified atom stereocenters. The maximum atomic E-state index is 13.0. The summed E-state index contributed by atoms with van der Waals surface area (Å²) in [5.41, 5.74) is 0.893. The molecule has 5 nitrogen and oxygen atoms in total. The van der Waals surface area contributed by atoms with E-state index >= 15 is 0 Å². The number of aryl methyl sites for hydroxylation is 1. The first-order valence-electron chi connectivity index (χ1n) is 5.86. The predicted molar refractivity (Wildman–Crippen MR) is 78.1 cm³/mol. The van der Waals surface area contributed by atoms with E-state index in [0.29, 0.717) is 5.56 Å². The van der Waals surface area contributed by atoms with Crippen LogP contribution in [0.1, 0.15) is 31.2 Å². The Bertz CT molecular complexity index is 489. The Morgan fingerprint density at radius 1 is 1.47 bits per heavy atom. The number of hydrogen-bond acceptors (Lipinski definition) is 4. The van der Waals surface area contributed by atoms with E-state index in [2.05, 4.69) is 15.4 Å². The highest BCUT2D eigenvalue weighted by Gasteiger charge is 2.11. The van der Waals surface area contributed by atoms with Crippen LogP contribution in [0.3, 0.4) is 0 Å². The number of rotatable bonds is 2. The molecule has 6 heteroatoms. The summed E-state index contributed by atoms with van der Waals surface area (Å²) >= 11 is 0. The number of carbonyl (C=O) groups excluding carboxylic acids is 1. The number of nitrogens with two attached hydrogens (primary N) is 1. The Morgan fingerprint density at radius 3 is 2.63 bits per heavy atom. The number of nitrogens with zero attached hydrogens (tertiary/aromatic N) is 2. The number of amidine groups is 1. The second-order valence-electron chi connectivity index (χ2n) is 3.32. The molecule has 106 valence electrons. The molecule has 0 heterocycles. The number of hydrazone groups is 1. The molecule has 0 fully saturated rings. The lowest BCUT2D eigenvalue weighted by Gasteiger charge is -2.06. The average Bonchev–Trinajstić information content (AvgIpc) is 2.43. The molecule has 0 saturated carbocycles. The third kappa shape index (κ3) is 5.29. The van der Waals surface area contributed by atoms with Crippen LogP contribution < -0.4 is 11.2 Å². The highest BCUT2D eigenvalue weighted by molar-refractivity contribution is 6.33. The van der Waals surface area contributed by atoms with Gasteiger partial charge in [0.05, 0.1) is 6.21 Å². The Hall–Kier alpha value is -2.24. The predicted octanol–water partition coefficient (Wildman–Crippen LogP) is 2.11. The SMILES string of the molecule is CC.CN=C/C(=N\N)NC(=O)c1cc(F)ccc1C.[HH]. The van der Waals surface area contributed by atoms with Gasteiger partial charge in [0.1, 0.15) is 5.82 Å². The maximum Gasteiger partial charge on any atom is 0.257 e. The van der Waals surface area contributed by atoms with Crippen LogP contribution >= 0.6 is 0 Å².